The lowest BCUT2D eigenvalue weighted by atomic mass is 9.85. The minimum absolute atomic E-state index is 0.461. The van der Waals surface area contributed by atoms with Gasteiger partial charge >= 0.3 is 0 Å². The number of hydrogen-bond donors (Lipinski definition) is 1. The van der Waals surface area contributed by atoms with Crippen molar-refractivity contribution in [1.29, 1.82) is 0 Å². The average Bonchev–Trinajstić information content (AvgIpc) is 3.00. The Morgan fingerprint density at radius 1 is 1.16 bits per heavy atom. The summed E-state index contributed by atoms with van der Waals surface area (Å²) < 4.78 is 2.40. The molecule has 4 nitrogen and oxygen atoms in total. The van der Waals surface area contributed by atoms with Crippen LogP contribution >= 0.6 is 0 Å². The summed E-state index contributed by atoms with van der Waals surface area (Å²) in [5, 5.41) is 12.8. The van der Waals surface area contributed by atoms with Crippen molar-refractivity contribution >= 4 is 0 Å². The van der Waals surface area contributed by atoms with Gasteiger partial charge in [0.1, 0.15) is 11.6 Å². The Morgan fingerprint density at radius 2 is 2.05 bits per heavy atom. The SMILES string of the molecule is CC1CCn2c(nnc2C2CC3CCCCC3N2)C1. The zero-order valence-corrected chi connectivity index (χ0v) is 11.8. The van der Waals surface area contributed by atoms with Gasteiger partial charge in [-0.2, -0.15) is 0 Å². The Kier molecular flexibility index (Phi) is 2.87. The first kappa shape index (κ1) is 11.9. The molecule has 4 unspecified atom stereocenters. The van der Waals surface area contributed by atoms with Crippen molar-refractivity contribution in [2.45, 2.75) is 70.5 Å². The third-order valence-corrected chi connectivity index (χ3v) is 5.41. The molecule has 0 amide bonds. The van der Waals surface area contributed by atoms with Crippen LogP contribution in [0, 0.1) is 11.8 Å². The summed E-state index contributed by atoms with van der Waals surface area (Å²) in [4.78, 5) is 0. The molecule has 4 atom stereocenters. The van der Waals surface area contributed by atoms with Gasteiger partial charge in [-0.15, -0.1) is 10.2 Å². The molecule has 0 spiro atoms. The molecule has 19 heavy (non-hydrogen) atoms. The molecule has 0 bridgehead atoms. The second-order valence-corrected chi connectivity index (χ2v) is 6.83. The average molecular weight is 260 g/mol. The fourth-order valence-corrected chi connectivity index (χ4v) is 4.28. The standard InChI is InChI=1S/C15H24N4/c1-10-6-7-19-14(8-10)17-18-15(19)13-9-11-4-2-3-5-12(11)16-13/h10-13,16H,2-9H2,1H3. The maximum Gasteiger partial charge on any atom is 0.150 e. The van der Waals surface area contributed by atoms with E-state index in [0.29, 0.717) is 6.04 Å². The first-order chi connectivity index (χ1) is 9.31. The van der Waals surface area contributed by atoms with Crippen molar-refractivity contribution in [2.24, 2.45) is 11.8 Å². The van der Waals surface area contributed by atoms with Crippen molar-refractivity contribution in [3.8, 4) is 0 Å². The lowest BCUT2D eigenvalue weighted by molar-refractivity contribution is 0.325. The van der Waals surface area contributed by atoms with Crippen LogP contribution in [0.4, 0.5) is 0 Å². The van der Waals surface area contributed by atoms with Crippen LogP contribution < -0.4 is 5.32 Å². The monoisotopic (exact) mass is 260 g/mol. The summed E-state index contributed by atoms with van der Waals surface area (Å²) in [6.45, 7) is 3.44. The number of aromatic nitrogens is 3. The van der Waals surface area contributed by atoms with E-state index < -0.39 is 0 Å². The van der Waals surface area contributed by atoms with Crippen molar-refractivity contribution < 1.29 is 0 Å². The minimum Gasteiger partial charge on any atom is -0.314 e. The quantitative estimate of drug-likeness (QED) is 0.843. The molecule has 1 aromatic rings. The highest BCUT2D eigenvalue weighted by atomic mass is 15.3. The van der Waals surface area contributed by atoms with Gasteiger partial charge in [0.05, 0.1) is 6.04 Å². The number of nitrogens with zero attached hydrogens (tertiary/aromatic N) is 3. The van der Waals surface area contributed by atoms with Crippen molar-refractivity contribution in [3.05, 3.63) is 11.6 Å². The largest absolute Gasteiger partial charge is 0.314 e. The van der Waals surface area contributed by atoms with Crippen LogP contribution in [0.15, 0.2) is 0 Å². The Bertz CT molecular complexity index is 453. The van der Waals surface area contributed by atoms with Gasteiger partial charge in [-0.1, -0.05) is 19.8 Å². The van der Waals surface area contributed by atoms with Gasteiger partial charge in [0.2, 0.25) is 0 Å². The third kappa shape index (κ3) is 2.00. The number of nitrogens with one attached hydrogen (secondary N) is 1. The van der Waals surface area contributed by atoms with Crippen molar-refractivity contribution in [1.82, 2.24) is 20.1 Å². The van der Waals surface area contributed by atoms with E-state index in [2.05, 4.69) is 27.0 Å². The van der Waals surface area contributed by atoms with Gasteiger partial charge in [0.25, 0.3) is 0 Å². The van der Waals surface area contributed by atoms with Crippen LogP contribution in [-0.4, -0.2) is 20.8 Å². The van der Waals surface area contributed by atoms with Gasteiger partial charge < -0.3 is 9.88 Å². The molecular formula is C15H24N4. The molecule has 1 saturated heterocycles. The number of fused-ring (bicyclic) bond motifs is 2. The Labute approximate surface area is 115 Å². The molecule has 104 valence electrons. The van der Waals surface area contributed by atoms with E-state index in [1.54, 1.807) is 0 Å². The number of rotatable bonds is 1. The lowest BCUT2D eigenvalue weighted by Crippen LogP contribution is -2.31. The van der Waals surface area contributed by atoms with E-state index in [4.69, 9.17) is 0 Å². The summed E-state index contributed by atoms with van der Waals surface area (Å²) in [5.41, 5.74) is 0. The van der Waals surface area contributed by atoms with E-state index in [0.717, 1.165) is 30.8 Å². The van der Waals surface area contributed by atoms with Crippen LogP contribution in [0.3, 0.4) is 0 Å². The highest BCUT2D eigenvalue weighted by molar-refractivity contribution is 5.08. The van der Waals surface area contributed by atoms with E-state index >= 15 is 0 Å². The predicted octanol–water partition coefficient (Wildman–Crippen LogP) is 2.45. The van der Waals surface area contributed by atoms with Gasteiger partial charge in [-0.05, 0) is 37.5 Å². The van der Waals surface area contributed by atoms with Crippen LogP contribution in [-0.2, 0) is 13.0 Å². The summed E-state index contributed by atoms with van der Waals surface area (Å²) >= 11 is 0. The second-order valence-electron chi connectivity index (χ2n) is 6.83. The highest BCUT2D eigenvalue weighted by Gasteiger charge is 2.38. The van der Waals surface area contributed by atoms with Crippen LogP contribution in [0.1, 0.15) is 63.1 Å². The first-order valence-electron chi connectivity index (χ1n) is 7.99. The van der Waals surface area contributed by atoms with Crippen LogP contribution in [0.5, 0.6) is 0 Å². The smallest absolute Gasteiger partial charge is 0.150 e. The fraction of sp³-hybridized carbons (Fsp3) is 0.867. The van der Waals surface area contributed by atoms with E-state index in [1.165, 1.54) is 50.2 Å². The van der Waals surface area contributed by atoms with E-state index in [9.17, 15) is 0 Å². The maximum atomic E-state index is 4.52. The highest BCUT2D eigenvalue weighted by Crippen LogP contribution is 2.39. The molecule has 3 heterocycles. The normalized spacial score (nSPS) is 37.9. The Hall–Kier alpha value is -0.900. The Balaban J connectivity index is 1.57. The Morgan fingerprint density at radius 3 is 2.95 bits per heavy atom. The number of hydrogen-bond acceptors (Lipinski definition) is 3. The summed E-state index contributed by atoms with van der Waals surface area (Å²) in [7, 11) is 0. The molecule has 0 aromatic carbocycles. The molecule has 4 heteroatoms. The topological polar surface area (TPSA) is 42.7 Å². The van der Waals surface area contributed by atoms with E-state index in [-0.39, 0.29) is 0 Å². The zero-order valence-electron chi connectivity index (χ0n) is 11.8. The third-order valence-electron chi connectivity index (χ3n) is 5.41. The van der Waals surface area contributed by atoms with Crippen molar-refractivity contribution in [2.75, 3.05) is 0 Å². The first-order valence-corrected chi connectivity index (χ1v) is 7.99. The lowest BCUT2D eigenvalue weighted by Gasteiger charge is -2.24. The van der Waals surface area contributed by atoms with Crippen LogP contribution in [0.25, 0.3) is 0 Å². The zero-order chi connectivity index (χ0) is 12.8. The van der Waals surface area contributed by atoms with Crippen LogP contribution in [0.2, 0.25) is 0 Å². The predicted molar refractivity (Wildman–Crippen MR) is 73.7 cm³/mol. The maximum absolute atomic E-state index is 4.52. The van der Waals surface area contributed by atoms with Gasteiger partial charge in [-0.25, -0.2) is 0 Å². The molecule has 2 aliphatic heterocycles. The molecule has 2 fully saturated rings. The summed E-state index contributed by atoms with van der Waals surface area (Å²) in [6.07, 6.45) is 9.25. The molecule has 1 saturated carbocycles. The van der Waals surface area contributed by atoms with Gasteiger partial charge in [0, 0.05) is 19.0 Å². The van der Waals surface area contributed by atoms with Gasteiger partial charge in [0.15, 0.2) is 0 Å². The molecule has 1 aromatic heterocycles. The van der Waals surface area contributed by atoms with Crippen molar-refractivity contribution in [3.63, 3.8) is 0 Å². The summed E-state index contributed by atoms with van der Waals surface area (Å²) in [6, 6.07) is 1.21. The summed E-state index contributed by atoms with van der Waals surface area (Å²) in [5.74, 6) is 4.08. The van der Waals surface area contributed by atoms with E-state index in [1.807, 2.05) is 0 Å². The second kappa shape index (κ2) is 4.58. The molecule has 0 radical (unpaired) electrons. The molecule has 3 aliphatic rings. The fourth-order valence-electron chi connectivity index (χ4n) is 4.28. The molecule has 1 N–H and O–H groups in total. The molecular weight excluding hydrogens is 236 g/mol. The van der Waals surface area contributed by atoms with Gasteiger partial charge in [-0.3, -0.25) is 0 Å². The molecule has 1 aliphatic carbocycles. The molecule has 4 rings (SSSR count). The minimum atomic E-state index is 0.461.